The Kier molecular flexibility index (Phi) is 4.84. The fourth-order valence-corrected chi connectivity index (χ4v) is 2.15. The summed E-state index contributed by atoms with van der Waals surface area (Å²) in [5.41, 5.74) is 2.15. The lowest BCUT2D eigenvalue weighted by atomic mass is 10.0. The number of nitro groups is 1. The zero-order valence-electron chi connectivity index (χ0n) is 11.4. The monoisotopic (exact) mass is 274 g/mol. The quantitative estimate of drug-likeness (QED) is 0.600. The summed E-state index contributed by atoms with van der Waals surface area (Å²) < 4.78 is 0. The SMILES string of the molecule is CCCC(NCc1cn[nH]c1)c1cccc([N+](=O)[O-])c1. The molecule has 0 amide bonds. The molecular weight excluding hydrogens is 256 g/mol. The van der Waals surface area contributed by atoms with Crippen LogP contribution in [0.3, 0.4) is 0 Å². The topological polar surface area (TPSA) is 83.8 Å². The van der Waals surface area contributed by atoms with Gasteiger partial charge in [-0.1, -0.05) is 25.5 Å². The van der Waals surface area contributed by atoms with Gasteiger partial charge in [0.25, 0.3) is 5.69 Å². The van der Waals surface area contributed by atoms with Crippen molar-refractivity contribution in [3.05, 3.63) is 57.9 Å². The molecule has 1 unspecified atom stereocenters. The number of hydrogen-bond acceptors (Lipinski definition) is 4. The summed E-state index contributed by atoms with van der Waals surface area (Å²) in [7, 11) is 0. The van der Waals surface area contributed by atoms with E-state index in [-0.39, 0.29) is 16.7 Å². The van der Waals surface area contributed by atoms with E-state index in [1.54, 1.807) is 18.3 Å². The van der Waals surface area contributed by atoms with Crippen molar-refractivity contribution in [1.29, 1.82) is 0 Å². The Labute approximate surface area is 117 Å². The lowest BCUT2D eigenvalue weighted by Gasteiger charge is -2.18. The number of H-pyrrole nitrogens is 1. The number of aromatic amines is 1. The molecule has 1 atom stereocenters. The first-order chi connectivity index (χ1) is 9.70. The minimum Gasteiger partial charge on any atom is -0.306 e. The zero-order valence-corrected chi connectivity index (χ0v) is 11.4. The van der Waals surface area contributed by atoms with E-state index in [1.807, 2.05) is 12.3 Å². The van der Waals surface area contributed by atoms with Gasteiger partial charge in [-0.25, -0.2) is 0 Å². The number of non-ortho nitro benzene ring substituents is 1. The largest absolute Gasteiger partial charge is 0.306 e. The number of aromatic nitrogens is 2. The maximum atomic E-state index is 10.9. The van der Waals surface area contributed by atoms with Crippen molar-refractivity contribution in [1.82, 2.24) is 15.5 Å². The van der Waals surface area contributed by atoms with Crippen LogP contribution >= 0.6 is 0 Å². The van der Waals surface area contributed by atoms with Crippen LogP contribution in [0.2, 0.25) is 0 Å². The highest BCUT2D eigenvalue weighted by Gasteiger charge is 2.14. The maximum Gasteiger partial charge on any atom is 0.269 e. The molecule has 6 nitrogen and oxygen atoms in total. The van der Waals surface area contributed by atoms with Gasteiger partial charge in [0.2, 0.25) is 0 Å². The Morgan fingerprint density at radius 2 is 2.35 bits per heavy atom. The number of nitro benzene ring substituents is 1. The van der Waals surface area contributed by atoms with E-state index in [2.05, 4.69) is 22.4 Å². The third kappa shape index (κ3) is 3.64. The molecule has 2 N–H and O–H groups in total. The number of nitrogens with zero attached hydrogens (tertiary/aromatic N) is 2. The molecule has 0 aliphatic carbocycles. The second-order valence-electron chi connectivity index (χ2n) is 4.68. The molecule has 0 radical (unpaired) electrons. The van der Waals surface area contributed by atoms with E-state index in [0.717, 1.165) is 24.0 Å². The minimum atomic E-state index is -0.359. The molecule has 6 heteroatoms. The second kappa shape index (κ2) is 6.81. The van der Waals surface area contributed by atoms with Gasteiger partial charge >= 0.3 is 0 Å². The van der Waals surface area contributed by atoms with Gasteiger partial charge in [-0.3, -0.25) is 15.2 Å². The molecule has 0 bridgehead atoms. The number of nitrogens with one attached hydrogen (secondary N) is 2. The van der Waals surface area contributed by atoms with Crippen LogP contribution in [-0.4, -0.2) is 15.1 Å². The van der Waals surface area contributed by atoms with Crippen LogP contribution < -0.4 is 5.32 Å². The average molecular weight is 274 g/mol. The van der Waals surface area contributed by atoms with Gasteiger partial charge in [0.1, 0.15) is 0 Å². The van der Waals surface area contributed by atoms with Crippen molar-refractivity contribution in [3.8, 4) is 0 Å². The average Bonchev–Trinajstić information content (AvgIpc) is 2.97. The highest BCUT2D eigenvalue weighted by Crippen LogP contribution is 2.23. The zero-order chi connectivity index (χ0) is 14.4. The lowest BCUT2D eigenvalue weighted by Crippen LogP contribution is -2.20. The van der Waals surface area contributed by atoms with Crippen molar-refractivity contribution in [2.24, 2.45) is 0 Å². The van der Waals surface area contributed by atoms with Crippen molar-refractivity contribution < 1.29 is 4.92 Å². The third-order valence-corrected chi connectivity index (χ3v) is 3.17. The van der Waals surface area contributed by atoms with Crippen LogP contribution in [0.4, 0.5) is 5.69 Å². The standard InChI is InChI=1S/C14H18N4O2/c1-2-4-14(15-8-11-9-16-17-10-11)12-5-3-6-13(7-12)18(19)20/h3,5-7,9-10,14-15H,2,4,8H2,1H3,(H,16,17). The number of rotatable bonds is 7. The van der Waals surface area contributed by atoms with Gasteiger partial charge in [0, 0.05) is 36.5 Å². The number of hydrogen-bond donors (Lipinski definition) is 2. The summed E-state index contributed by atoms with van der Waals surface area (Å²) >= 11 is 0. The molecule has 0 fully saturated rings. The predicted octanol–water partition coefficient (Wildman–Crippen LogP) is 2.95. The molecule has 0 saturated carbocycles. The minimum absolute atomic E-state index is 0.106. The Morgan fingerprint density at radius 3 is 3.00 bits per heavy atom. The molecule has 20 heavy (non-hydrogen) atoms. The first-order valence-electron chi connectivity index (χ1n) is 6.66. The maximum absolute atomic E-state index is 10.9. The number of benzene rings is 1. The van der Waals surface area contributed by atoms with E-state index in [0.29, 0.717) is 6.54 Å². The van der Waals surface area contributed by atoms with Crippen molar-refractivity contribution in [2.75, 3.05) is 0 Å². The Balaban J connectivity index is 2.10. The van der Waals surface area contributed by atoms with Crippen LogP contribution in [0.5, 0.6) is 0 Å². The third-order valence-electron chi connectivity index (χ3n) is 3.17. The highest BCUT2D eigenvalue weighted by atomic mass is 16.6. The first kappa shape index (κ1) is 14.2. The van der Waals surface area contributed by atoms with Gasteiger partial charge < -0.3 is 5.32 Å². The van der Waals surface area contributed by atoms with Crippen LogP contribution in [-0.2, 0) is 6.54 Å². The van der Waals surface area contributed by atoms with E-state index in [9.17, 15) is 10.1 Å². The van der Waals surface area contributed by atoms with Gasteiger partial charge in [0.15, 0.2) is 0 Å². The molecule has 0 aliphatic heterocycles. The van der Waals surface area contributed by atoms with E-state index in [1.165, 1.54) is 6.07 Å². The van der Waals surface area contributed by atoms with Crippen LogP contribution in [0, 0.1) is 10.1 Å². The first-order valence-corrected chi connectivity index (χ1v) is 6.66. The molecule has 0 spiro atoms. The summed E-state index contributed by atoms with van der Waals surface area (Å²) in [5.74, 6) is 0. The molecular formula is C14H18N4O2. The molecule has 106 valence electrons. The molecule has 1 aromatic heterocycles. The molecule has 2 rings (SSSR count). The van der Waals surface area contributed by atoms with Crippen molar-refractivity contribution in [2.45, 2.75) is 32.4 Å². The van der Waals surface area contributed by atoms with E-state index in [4.69, 9.17) is 0 Å². The van der Waals surface area contributed by atoms with Crippen LogP contribution in [0.15, 0.2) is 36.7 Å². The Bertz CT molecular complexity index is 554. The summed E-state index contributed by atoms with van der Waals surface area (Å²) in [5, 5.41) is 20.9. The highest BCUT2D eigenvalue weighted by molar-refractivity contribution is 5.35. The van der Waals surface area contributed by atoms with E-state index < -0.39 is 0 Å². The fourth-order valence-electron chi connectivity index (χ4n) is 2.15. The van der Waals surface area contributed by atoms with E-state index >= 15 is 0 Å². The molecule has 0 saturated heterocycles. The molecule has 2 aromatic rings. The smallest absolute Gasteiger partial charge is 0.269 e. The summed E-state index contributed by atoms with van der Waals surface area (Å²) in [6.07, 6.45) is 5.54. The summed E-state index contributed by atoms with van der Waals surface area (Å²) in [6.45, 7) is 2.79. The van der Waals surface area contributed by atoms with Crippen molar-refractivity contribution >= 4 is 5.69 Å². The summed E-state index contributed by atoms with van der Waals surface area (Å²) in [4.78, 5) is 10.5. The van der Waals surface area contributed by atoms with Crippen LogP contribution in [0.25, 0.3) is 0 Å². The lowest BCUT2D eigenvalue weighted by molar-refractivity contribution is -0.384. The second-order valence-corrected chi connectivity index (χ2v) is 4.68. The predicted molar refractivity (Wildman–Crippen MR) is 76.2 cm³/mol. The van der Waals surface area contributed by atoms with Gasteiger partial charge in [-0.15, -0.1) is 0 Å². The Morgan fingerprint density at radius 1 is 1.50 bits per heavy atom. The molecule has 0 aliphatic rings. The van der Waals surface area contributed by atoms with Gasteiger partial charge in [-0.05, 0) is 12.0 Å². The summed E-state index contributed by atoms with van der Waals surface area (Å²) in [6, 6.07) is 6.92. The molecule has 1 aromatic carbocycles. The molecule has 1 heterocycles. The van der Waals surface area contributed by atoms with Gasteiger partial charge in [-0.2, -0.15) is 5.10 Å². The van der Waals surface area contributed by atoms with Crippen LogP contribution in [0.1, 0.15) is 36.9 Å². The fraction of sp³-hybridized carbons (Fsp3) is 0.357. The van der Waals surface area contributed by atoms with Gasteiger partial charge in [0.05, 0.1) is 11.1 Å². The Hall–Kier alpha value is -2.21. The van der Waals surface area contributed by atoms with Crippen molar-refractivity contribution in [3.63, 3.8) is 0 Å². The normalized spacial score (nSPS) is 12.2.